The maximum Gasteiger partial charge on any atom is 0.315 e. The first-order chi connectivity index (χ1) is 11.9. The van der Waals surface area contributed by atoms with E-state index in [1.807, 2.05) is 24.0 Å². The first-order valence-electron chi connectivity index (χ1n) is 8.61. The number of carbonyl (C=O) groups is 1. The summed E-state index contributed by atoms with van der Waals surface area (Å²) in [4.78, 5) is 22.2. The Morgan fingerprint density at radius 1 is 1.36 bits per heavy atom. The molecule has 2 N–H and O–H groups in total. The number of amides is 2. The zero-order chi connectivity index (χ0) is 17.8. The van der Waals surface area contributed by atoms with Crippen LogP contribution in [0.15, 0.2) is 30.6 Å². The minimum atomic E-state index is -0.459. The van der Waals surface area contributed by atoms with E-state index in [-0.39, 0.29) is 17.6 Å². The molecule has 5 nitrogen and oxygen atoms in total. The van der Waals surface area contributed by atoms with Crippen molar-refractivity contribution >= 4 is 6.03 Å². The van der Waals surface area contributed by atoms with Crippen LogP contribution in [-0.4, -0.2) is 26.9 Å². The smallest absolute Gasteiger partial charge is 0.315 e. The van der Waals surface area contributed by atoms with Gasteiger partial charge >= 0.3 is 6.03 Å². The van der Waals surface area contributed by atoms with E-state index >= 15 is 0 Å². The standard InChI is InChI=1S/C19H21FN4O/c1-11-3-4-13(8-16(11)17-22-9-14(20)10-23-17)19-6-5-15(7-12(19)2)24(19)18(21)25/h3-4,8-10,12,15H,5-7H2,1-2H3,(H2,21,25)/t12?,15?,19-/m1/s1. The molecule has 1 aromatic carbocycles. The Kier molecular flexibility index (Phi) is 3.52. The lowest BCUT2D eigenvalue weighted by atomic mass is 9.73. The minimum absolute atomic E-state index is 0.222. The van der Waals surface area contributed by atoms with Gasteiger partial charge in [-0.1, -0.05) is 19.1 Å². The molecule has 0 radical (unpaired) electrons. The average Bonchev–Trinajstić information content (AvgIpc) is 3.09. The molecule has 1 aromatic heterocycles. The maximum absolute atomic E-state index is 13.2. The van der Waals surface area contributed by atoms with Gasteiger partial charge in [-0.25, -0.2) is 19.2 Å². The summed E-state index contributed by atoms with van der Waals surface area (Å²) in [6.45, 7) is 4.16. The number of urea groups is 1. The fourth-order valence-electron chi connectivity index (χ4n) is 4.80. The Balaban J connectivity index is 1.85. The molecule has 0 spiro atoms. The molecule has 3 heterocycles. The van der Waals surface area contributed by atoms with Crippen molar-refractivity contribution in [2.75, 3.05) is 0 Å². The van der Waals surface area contributed by atoms with Gasteiger partial charge in [0.2, 0.25) is 0 Å². The third-order valence-electron chi connectivity index (χ3n) is 5.93. The lowest BCUT2D eigenvalue weighted by Gasteiger charge is -2.38. The summed E-state index contributed by atoms with van der Waals surface area (Å²) in [6.07, 6.45) is 5.20. The van der Waals surface area contributed by atoms with Crippen molar-refractivity contribution in [3.63, 3.8) is 0 Å². The highest BCUT2D eigenvalue weighted by molar-refractivity contribution is 5.75. The molecule has 4 rings (SSSR count). The van der Waals surface area contributed by atoms with Crippen LogP contribution in [0.25, 0.3) is 11.4 Å². The Labute approximate surface area is 146 Å². The average molecular weight is 340 g/mol. The van der Waals surface area contributed by atoms with Crippen LogP contribution in [-0.2, 0) is 5.54 Å². The number of aryl methyl sites for hydroxylation is 1. The fraction of sp³-hybridized carbons (Fsp3) is 0.421. The highest BCUT2D eigenvalue weighted by Gasteiger charge is 2.58. The molecule has 2 aliphatic rings. The van der Waals surface area contributed by atoms with Crippen molar-refractivity contribution < 1.29 is 9.18 Å². The zero-order valence-electron chi connectivity index (χ0n) is 14.4. The van der Waals surface area contributed by atoms with Gasteiger partial charge in [-0.05, 0) is 49.3 Å². The summed E-state index contributed by atoms with van der Waals surface area (Å²) in [6, 6.07) is 6.00. The van der Waals surface area contributed by atoms with Crippen LogP contribution in [0.3, 0.4) is 0 Å². The number of rotatable bonds is 2. The van der Waals surface area contributed by atoms with Crippen LogP contribution >= 0.6 is 0 Å². The topological polar surface area (TPSA) is 72.1 Å². The van der Waals surface area contributed by atoms with Crippen molar-refractivity contribution in [2.24, 2.45) is 11.7 Å². The van der Waals surface area contributed by atoms with Gasteiger partial charge in [-0.2, -0.15) is 0 Å². The van der Waals surface area contributed by atoms with Gasteiger partial charge in [-0.15, -0.1) is 0 Å². The quantitative estimate of drug-likeness (QED) is 0.911. The number of aromatic nitrogens is 2. The van der Waals surface area contributed by atoms with E-state index in [1.165, 1.54) is 12.4 Å². The van der Waals surface area contributed by atoms with Crippen molar-refractivity contribution in [1.82, 2.24) is 14.9 Å². The van der Waals surface area contributed by atoms with Crippen LogP contribution in [0.1, 0.15) is 37.3 Å². The number of primary amides is 1. The lowest BCUT2D eigenvalue weighted by molar-refractivity contribution is 0.143. The van der Waals surface area contributed by atoms with Gasteiger partial charge in [0, 0.05) is 11.6 Å². The Hall–Kier alpha value is -2.50. The summed E-state index contributed by atoms with van der Waals surface area (Å²) in [5.74, 6) is 0.366. The van der Waals surface area contributed by atoms with Crippen molar-refractivity contribution in [3.05, 3.63) is 47.5 Å². The number of fused-ring (bicyclic) bond motifs is 2. The van der Waals surface area contributed by atoms with E-state index < -0.39 is 5.82 Å². The van der Waals surface area contributed by atoms with E-state index in [1.54, 1.807) is 0 Å². The van der Waals surface area contributed by atoms with Gasteiger partial charge in [0.15, 0.2) is 11.6 Å². The Bertz CT molecular complexity index is 838. The molecular formula is C19H21FN4O. The van der Waals surface area contributed by atoms with Gasteiger partial charge in [0.25, 0.3) is 0 Å². The van der Waals surface area contributed by atoms with Crippen molar-refractivity contribution in [1.29, 1.82) is 0 Å². The number of nitrogens with zero attached hydrogens (tertiary/aromatic N) is 3. The monoisotopic (exact) mass is 340 g/mol. The van der Waals surface area contributed by atoms with E-state index in [4.69, 9.17) is 5.73 Å². The molecule has 130 valence electrons. The van der Waals surface area contributed by atoms with E-state index in [2.05, 4.69) is 23.0 Å². The number of halogens is 1. The van der Waals surface area contributed by atoms with Gasteiger partial charge < -0.3 is 10.6 Å². The molecule has 25 heavy (non-hydrogen) atoms. The van der Waals surface area contributed by atoms with Gasteiger partial charge in [0.05, 0.1) is 17.9 Å². The summed E-state index contributed by atoms with van der Waals surface area (Å²) in [5.41, 5.74) is 8.29. The molecule has 2 saturated heterocycles. The zero-order valence-corrected chi connectivity index (χ0v) is 14.4. The largest absolute Gasteiger partial charge is 0.351 e. The van der Waals surface area contributed by atoms with E-state index in [0.717, 1.165) is 36.0 Å². The molecule has 2 bridgehead atoms. The van der Waals surface area contributed by atoms with E-state index in [0.29, 0.717) is 11.7 Å². The number of benzene rings is 1. The molecule has 2 aromatic rings. The molecule has 0 aliphatic carbocycles. The predicted octanol–water partition coefficient (Wildman–Crippen LogP) is 3.37. The molecule has 6 heteroatoms. The summed E-state index contributed by atoms with van der Waals surface area (Å²) < 4.78 is 13.2. The molecule has 2 aliphatic heterocycles. The second-order valence-corrected chi connectivity index (χ2v) is 7.22. The second kappa shape index (κ2) is 5.51. The highest BCUT2D eigenvalue weighted by atomic mass is 19.1. The van der Waals surface area contributed by atoms with Crippen molar-refractivity contribution in [3.8, 4) is 11.4 Å². The SMILES string of the molecule is Cc1ccc([C@@]23CCC(CC2C)N3C(N)=O)cc1-c1ncc(F)cn1. The normalized spacial score (nSPS) is 27.7. The summed E-state index contributed by atoms with van der Waals surface area (Å²) in [5, 5.41) is 0. The molecule has 0 saturated carbocycles. The van der Waals surface area contributed by atoms with Crippen LogP contribution in [0.2, 0.25) is 0 Å². The first-order valence-corrected chi connectivity index (χ1v) is 8.61. The molecule has 3 atom stereocenters. The maximum atomic E-state index is 13.2. The Morgan fingerprint density at radius 2 is 2.08 bits per heavy atom. The third kappa shape index (κ3) is 2.23. The molecule has 2 fully saturated rings. The Morgan fingerprint density at radius 3 is 2.72 bits per heavy atom. The second-order valence-electron chi connectivity index (χ2n) is 7.22. The number of hydrogen-bond acceptors (Lipinski definition) is 3. The summed E-state index contributed by atoms with van der Waals surface area (Å²) >= 11 is 0. The van der Waals surface area contributed by atoms with Gasteiger partial charge in [-0.3, -0.25) is 0 Å². The predicted molar refractivity (Wildman–Crippen MR) is 92.1 cm³/mol. The molecule has 2 amide bonds. The minimum Gasteiger partial charge on any atom is -0.351 e. The van der Waals surface area contributed by atoms with E-state index in [9.17, 15) is 9.18 Å². The lowest BCUT2D eigenvalue weighted by Crippen LogP contribution is -2.48. The number of nitrogens with two attached hydrogens (primary N) is 1. The number of hydrogen-bond donors (Lipinski definition) is 1. The summed E-state index contributed by atoms with van der Waals surface area (Å²) in [7, 11) is 0. The first kappa shape index (κ1) is 16.0. The molecule has 2 unspecified atom stereocenters. The number of carbonyl (C=O) groups excluding carboxylic acids is 1. The third-order valence-corrected chi connectivity index (χ3v) is 5.93. The van der Waals surface area contributed by atoms with Gasteiger partial charge in [0.1, 0.15) is 0 Å². The van der Waals surface area contributed by atoms with Crippen LogP contribution in [0.5, 0.6) is 0 Å². The van der Waals surface area contributed by atoms with Crippen LogP contribution in [0.4, 0.5) is 9.18 Å². The fourth-order valence-corrected chi connectivity index (χ4v) is 4.80. The van der Waals surface area contributed by atoms with Crippen molar-refractivity contribution in [2.45, 2.75) is 44.7 Å². The van der Waals surface area contributed by atoms with Crippen LogP contribution < -0.4 is 5.73 Å². The highest BCUT2D eigenvalue weighted by Crippen LogP contribution is 2.56. The molecular weight excluding hydrogens is 319 g/mol. The van der Waals surface area contributed by atoms with Crippen LogP contribution in [0, 0.1) is 18.7 Å².